The molecule has 0 amide bonds. The molecule has 4 heteroatoms. The maximum Gasteiger partial charge on any atom is 0.204 e. The molecule has 0 saturated heterocycles. The molecule has 1 fully saturated rings. The maximum atomic E-state index is 4.14. The monoisotopic (exact) mass is 396 g/mol. The van der Waals surface area contributed by atoms with E-state index in [2.05, 4.69) is 94.3 Å². The van der Waals surface area contributed by atoms with Crippen molar-refractivity contribution < 1.29 is 0 Å². The molecule has 0 bridgehead atoms. The van der Waals surface area contributed by atoms with E-state index in [0.29, 0.717) is 17.7 Å². The average molecular weight is 397 g/mol. The van der Waals surface area contributed by atoms with E-state index in [4.69, 9.17) is 0 Å². The molecule has 3 atom stereocenters. The fraction of sp³-hybridized carbons (Fsp3) is 0.346. The average Bonchev–Trinajstić information content (AvgIpc) is 3.34. The van der Waals surface area contributed by atoms with E-state index in [1.165, 1.54) is 54.0 Å². The summed E-state index contributed by atoms with van der Waals surface area (Å²) in [7, 11) is 0. The van der Waals surface area contributed by atoms with E-state index < -0.39 is 0 Å². The number of hydrogen-bond acceptors (Lipinski definition) is 3. The lowest BCUT2D eigenvalue weighted by Crippen LogP contribution is -2.16. The standard InChI is InChI=1S/C26H28N4/c1-18(24-14-6-9-20-8-2-3-13-25(20)24)15-19-7-4-10-21(16-19)22-11-5-12-23(17-22)26-27-29-30-28-26/h2-3,5-6,8-9,11-14,17-19,21H,4,7,10,15-16H2,1H3,(H,27,28,29,30)/t18-,19-,21+/m0/s1. The second-order valence-corrected chi connectivity index (χ2v) is 8.80. The van der Waals surface area contributed by atoms with Gasteiger partial charge in [0.05, 0.1) is 0 Å². The maximum absolute atomic E-state index is 4.14. The van der Waals surface area contributed by atoms with E-state index in [1.807, 2.05) is 0 Å². The third kappa shape index (κ3) is 3.87. The van der Waals surface area contributed by atoms with E-state index in [9.17, 15) is 0 Å². The second kappa shape index (κ2) is 8.39. The molecule has 4 aromatic rings. The van der Waals surface area contributed by atoms with Crippen LogP contribution in [0.2, 0.25) is 0 Å². The summed E-state index contributed by atoms with van der Waals surface area (Å²) in [5.41, 5.74) is 3.96. The molecular weight excluding hydrogens is 368 g/mol. The number of nitrogens with one attached hydrogen (secondary N) is 1. The van der Waals surface area contributed by atoms with Gasteiger partial charge in [-0.15, -0.1) is 10.2 Å². The molecule has 1 aliphatic rings. The molecule has 152 valence electrons. The molecule has 1 heterocycles. The van der Waals surface area contributed by atoms with Crippen molar-refractivity contribution in [1.29, 1.82) is 0 Å². The number of rotatable bonds is 5. The van der Waals surface area contributed by atoms with Crippen molar-refractivity contribution in [1.82, 2.24) is 20.6 Å². The van der Waals surface area contributed by atoms with E-state index in [0.717, 1.165) is 11.5 Å². The fourth-order valence-electron chi connectivity index (χ4n) is 5.33. The van der Waals surface area contributed by atoms with E-state index >= 15 is 0 Å². The number of H-pyrrole nitrogens is 1. The first kappa shape index (κ1) is 19.0. The van der Waals surface area contributed by atoms with Gasteiger partial charge in [0.15, 0.2) is 0 Å². The van der Waals surface area contributed by atoms with Gasteiger partial charge in [-0.1, -0.05) is 80.4 Å². The molecule has 1 aliphatic carbocycles. The first-order valence-electron chi connectivity index (χ1n) is 11.1. The minimum Gasteiger partial charge on any atom is -0.177 e. The van der Waals surface area contributed by atoms with Crippen molar-refractivity contribution in [3.8, 4) is 11.4 Å². The quantitative estimate of drug-likeness (QED) is 0.419. The largest absolute Gasteiger partial charge is 0.204 e. The summed E-state index contributed by atoms with van der Waals surface area (Å²) in [6.45, 7) is 2.41. The summed E-state index contributed by atoms with van der Waals surface area (Å²) < 4.78 is 0. The first-order chi connectivity index (χ1) is 14.8. The van der Waals surface area contributed by atoms with Gasteiger partial charge < -0.3 is 0 Å². The van der Waals surface area contributed by atoms with Crippen molar-refractivity contribution in [2.45, 2.75) is 50.9 Å². The summed E-state index contributed by atoms with van der Waals surface area (Å²) in [5.74, 6) is 2.64. The van der Waals surface area contributed by atoms with Crippen LogP contribution in [0.25, 0.3) is 22.2 Å². The molecule has 0 unspecified atom stereocenters. The number of benzene rings is 3. The highest BCUT2D eigenvalue weighted by molar-refractivity contribution is 5.86. The van der Waals surface area contributed by atoms with Crippen molar-refractivity contribution in [3.05, 3.63) is 77.9 Å². The van der Waals surface area contributed by atoms with Crippen LogP contribution in [0, 0.1) is 5.92 Å². The van der Waals surface area contributed by atoms with Gasteiger partial charge in [0.1, 0.15) is 0 Å². The number of fused-ring (bicyclic) bond motifs is 1. The molecule has 4 nitrogen and oxygen atoms in total. The predicted octanol–water partition coefficient (Wildman–Crippen LogP) is 6.49. The van der Waals surface area contributed by atoms with Crippen molar-refractivity contribution in [3.63, 3.8) is 0 Å². The Morgan fingerprint density at radius 1 is 1.00 bits per heavy atom. The van der Waals surface area contributed by atoms with Crippen molar-refractivity contribution in [2.24, 2.45) is 5.92 Å². The first-order valence-corrected chi connectivity index (χ1v) is 11.1. The smallest absolute Gasteiger partial charge is 0.177 e. The van der Waals surface area contributed by atoms with Crippen LogP contribution in [0.1, 0.15) is 62.0 Å². The van der Waals surface area contributed by atoms with Gasteiger partial charge in [-0.3, -0.25) is 0 Å². The number of nitrogens with zero attached hydrogens (tertiary/aromatic N) is 3. The van der Waals surface area contributed by atoms with Crippen LogP contribution in [-0.4, -0.2) is 20.6 Å². The summed E-state index contributed by atoms with van der Waals surface area (Å²) in [5, 5.41) is 17.3. The van der Waals surface area contributed by atoms with E-state index in [1.54, 1.807) is 0 Å². The molecular formula is C26H28N4. The van der Waals surface area contributed by atoms with Crippen LogP contribution in [0.3, 0.4) is 0 Å². The summed E-state index contributed by atoms with van der Waals surface area (Å²) in [6.07, 6.45) is 6.45. The minimum atomic E-state index is 0.575. The van der Waals surface area contributed by atoms with Crippen LogP contribution in [0.5, 0.6) is 0 Å². The third-order valence-electron chi connectivity index (χ3n) is 6.79. The highest BCUT2D eigenvalue weighted by Gasteiger charge is 2.25. The molecule has 3 aromatic carbocycles. The second-order valence-electron chi connectivity index (χ2n) is 8.80. The van der Waals surface area contributed by atoms with Gasteiger partial charge >= 0.3 is 0 Å². The minimum absolute atomic E-state index is 0.575. The number of aromatic nitrogens is 4. The van der Waals surface area contributed by atoms with Gasteiger partial charge in [0, 0.05) is 5.56 Å². The lowest BCUT2D eigenvalue weighted by atomic mass is 9.74. The van der Waals surface area contributed by atoms with Gasteiger partial charge in [0.25, 0.3) is 0 Å². The van der Waals surface area contributed by atoms with Gasteiger partial charge in [-0.05, 0) is 70.2 Å². The molecule has 0 spiro atoms. The molecule has 0 radical (unpaired) electrons. The van der Waals surface area contributed by atoms with Crippen LogP contribution >= 0.6 is 0 Å². The Morgan fingerprint density at radius 3 is 2.77 bits per heavy atom. The molecule has 1 saturated carbocycles. The van der Waals surface area contributed by atoms with Crippen molar-refractivity contribution in [2.75, 3.05) is 0 Å². The molecule has 5 rings (SSSR count). The Bertz CT molecular complexity index is 1110. The Labute approximate surface area is 177 Å². The SMILES string of the molecule is C[C@@H](C[C@@H]1CCC[C@@H](c2cccc(-c3nn[nH]n3)c2)C1)c1cccc2ccccc12. The van der Waals surface area contributed by atoms with Gasteiger partial charge in [0.2, 0.25) is 5.82 Å². The summed E-state index contributed by atoms with van der Waals surface area (Å²) in [6, 6.07) is 24.3. The zero-order valence-electron chi connectivity index (χ0n) is 17.5. The van der Waals surface area contributed by atoms with Gasteiger partial charge in [-0.2, -0.15) is 5.21 Å². The molecule has 1 aromatic heterocycles. The lowest BCUT2D eigenvalue weighted by molar-refractivity contribution is 0.293. The van der Waals surface area contributed by atoms with Crippen LogP contribution in [0.4, 0.5) is 0 Å². The molecule has 30 heavy (non-hydrogen) atoms. The lowest BCUT2D eigenvalue weighted by Gasteiger charge is -2.31. The Kier molecular flexibility index (Phi) is 5.31. The van der Waals surface area contributed by atoms with Crippen LogP contribution in [-0.2, 0) is 0 Å². The van der Waals surface area contributed by atoms with Crippen LogP contribution < -0.4 is 0 Å². The zero-order valence-corrected chi connectivity index (χ0v) is 17.5. The Hall–Kier alpha value is -3.01. The number of hydrogen-bond donors (Lipinski definition) is 1. The van der Waals surface area contributed by atoms with E-state index in [-0.39, 0.29) is 0 Å². The molecule has 0 aliphatic heterocycles. The highest BCUT2D eigenvalue weighted by Crippen LogP contribution is 2.41. The molecule has 1 N–H and O–H groups in total. The topological polar surface area (TPSA) is 54.5 Å². The predicted molar refractivity (Wildman–Crippen MR) is 121 cm³/mol. The summed E-state index contributed by atoms with van der Waals surface area (Å²) >= 11 is 0. The zero-order chi connectivity index (χ0) is 20.3. The van der Waals surface area contributed by atoms with Crippen molar-refractivity contribution >= 4 is 10.8 Å². The Morgan fingerprint density at radius 2 is 1.87 bits per heavy atom. The number of tetrazole rings is 1. The third-order valence-corrected chi connectivity index (χ3v) is 6.79. The highest BCUT2D eigenvalue weighted by atomic mass is 15.5. The fourth-order valence-corrected chi connectivity index (χ4v) is 5.33. The Balaban J connectivity index is 1.32. The van der Waals surface area contributed by atoms with Gasteiger partial charge in [-0.25, -0.2) is 0 Å². The van der Waals surface area contributed by atoms with Crippen LogP contribution in [0.15, 0.2) is 66.7 Å². The summed E-state index contributed by atoms with van der Waals surface area (Å²) in [4.78, 5) is 0. The number of aromatic amines is 1. The normalized spacial score (nSPS) is 20.3.